The quantitative estimate of drug-likeness (QED) is 0.750. The average molecular weight is 209 g/mol. The van der Waals surface area contributed by atoms with Gasteiger partial charge in [-0.05, 0) is 19.3 Å². The number of rotatable bonds is 3. The van der Waals surface area contributed by atoms with E-state index in [0.29, 0.717) is 13.0 Å². The van der Waals surface area contributed by atoms with Gasteiger partial charge >= 0.3 is 0 Å². The standard InChI is InChI=1S/C11H19N3O/c1-14(7-3-6-12)11(15)9-4-2-5-10(13)8-9/h9-10H,2-5,7-8,13H2,1H3. The highest BCUT2D eigenvalue weighted by molar-refractivity contribution is 5.78. The summed E-state index contributed by atoms with van der Waals surface area (Å²) in [5.74, 6) is 0.234. The fourth-order valence-electron chi connectivity index (χ4n) is 2.09. The zero-order chi connectivity index (χ0) is 11.3. The Hall–Kier alpha value is -1.08. The molecule has 1 saturated carbocycles. The average Bonchev–Trinajstić information content (AvgIpc) is 2.24. The first-order chi connectivity index (χ1) is 7.15. The van der Waals surface area contributed by atoms with Crippen molar-refractivity contribution in [2.75, 3.05) is 13.6 Å². The van der Waals surface area contributed by atoms with Gasteiger partial charge in [0.25, 0.3) is 0 Å². The molecule has 2 unspecified atom stereocenters. The SMILES string of the molecule is CN(CCC#N)C(=O)C1CCCC(N)C1. The second kappa shape index (κ2) is 5.72. The third kappa shape index (κ3) is 3.52. The summed E-state index contributed by atoms with van der Waals surface area (Å²) in [6.07, 6.45) is 4.23. The summed E-state index contributed by atoms with van der Waals surface area (Å²) >= 11 is 0. The smallest absolute Gasteiger partial charge is 0.225 e. The molecule has 1 aliphatic rings. The van der Waals surface area contributed by atoms with Gasteiger partial charge in [0.2, 0.25) is 5.91 Å². The lowest BCUT2D eigenvalue weighted by Crippen LogP contribution is -2.39. The second-order valence-corrected chi connectivity index (χ2v) is 4.29. The highest BCUT2D eigenvalue weighted by atomic mass is 16.2. The van der Waals surface area contributed by atoms with Crippen LogP contribution in [0.5, 0.6) is 0 Å². The van der Waals surface area contributed by atoms with Crippen LogP contribution in [0.3, 0.4) is 0 Å². The molecule has 0 aliphatic heterocycles. The molecule has 4 nitrogen and oxygen atoms in total. The number of amides is 1. The van der Waals surface area contributed by atoms with E-state index in [1.54, 1.807) is 11.9 Å². The predicted molar refractivity (Wildman–Crippen MR) is 57.8 cm³/mol. The molecule has 0 bridgehead atoms. The molecule has 1 rings (SSSR count). The number of nitriles is 1. The molecule has 0 saturated heterocycles. The third-order valence-electron chi connectivity index (χ3n) is 3.00. The van der Waals surface area contributed by atoms with Crippen molar-refractivity contribution in [2.24, 2.45) is 11.7 Å². The fraction of sp³-hybridized carbons (Fsp3) is 0.818. The summed E-state index contributed by atoms with van der Waals surface area (Å²) in [4.78, 5) is 13.6. The maximum absolute atomic E-state index is 11.9. The summed E-state index contributed by atoms with van der Waals surface area (Å²) in [5, 5.41) is 8.44. The molecule has 2 N–H and O–H groups in total. The minimum Gasteiger partial charge on any atom is -0.344 e. The van der Waals surface area contributed by atoms with E-state index in [4.69, 9.17) is 11.0 Å². The van der Waals surface area contributed by atoms with Gasteiger partial charge in [-0.15, -0.1) is 0 Å². The maximum Gasteiger partial charge on any atom is 0.225 e. The van der Waals surface area contributed by atoms with Crippen molar-refractivity contribution >= 4 is 5.91 Å². The van der Waals surface area contributed by atoms with Crippen LogP contribution in [0.2, 0.25) is 0 Å². The number of carbonyl (C=O) groups is 1. The summed E-state index contributed by atoms with van der Waals surface area (Å²) in [6.45, 7) is 0.529. The van der Waals surface area contributed by atoms with Crippen LogP contribution in [0.4, 0.5) is 0 Å². The zero-order valence-electron chi connectivity index (χ0n) is 9.28. The van der Waals surface area contributed by atoms with Crippen LogP contribution in [0.15, 0.2) is 0 Å². The number of hydrogen-bond acceptors (Lipinski definition) is 3. The summed E-state index contributed by atoms with van der Waals surface area (Å²) in [5.41, 5.74) is 5.84. The van der Waals surface area contributed by atoms with E-state index >= 15 is 0 Å². The van der Waals surface area contributed by atoms with Crippen molar-refractivity contribution in [3.63, 3.8) is 0 Å². The minimum atomic E-state index is 0.0810. The highest BCUT2D eigenvalue weighted by Gasteiger charge is 2.27. The molecule has 2 atom stereocenters. The Morgan fingerprint density at radius 3 is 2.93 bits per heavy atom. The molecule has 0 spiro atoms. The number of hydrogen-bond donors (Lipinski definition) is 1. The molecule has 0 heterocycles. The van der Waals surface area contributed by atoms with Crippen LogP contribution in [-0.4, -0.2) is 30.4 Å². The van der Waals surface area contributed by atoms with Gasteiger partial charge in [-0.2, -0.15) is 5.26 Å². The van der Waals surface area contributed by atoms with E-state index in [9.17, 15) is 4.79 Å². The van der Waals surface area contributed by atoms with Crippen molar-refractivity contribution in [1.29, 1.82) is 5.26 Å². The Kier molecular flexibility index (Phi) is 4.57. The molecule has 84 valence electrons. The Balaban J connectivity index is 2.41. The monoisotopic (exact) mass is 209 g/mol. The first-order valence-electron chi connectivity index (χ1n) is 5.52. The highest BCUT2D eigenvalue weighted by Crippen LogP contribution is 2.24. The summed E-state index contributed by atoms with van der Waals surface area (Å²) in [6, 6.07) is 2.22. The fourth-order valence-corrected chi connectivity index (χ4v) is 2.09. The van der Waals surface area contributed by atoms with Crippen LogP contribution in [0, 0.1) is 17.2 Å². The molecule has 1 amide bonds. The molecule has 0 aromatic carbocycles. The van der Waals surface area contributed by atoms with E-state index < -0.39 is 0 Å². The van der Waals surface area contributed by atoms with E-state index in [2.05, 4.69) is 0 Å². The molecule has 0 radical (unpaired) electrons. The molecule has 4 heteroatoms. The second-order valence-electron chi connectivity index (χ2n) is 4.29. The largest absolute Gasteiger partial charge is 0.344 e. The number of nitrogens with zero attached hydrogens (tertiary/aromatic N) is 2. The zero-order valence-corrected chi connectivity index (χ0v) is 9.28. The first kappa shape index (κ1) is 12.0. The normalized spacial score (nSPS) is 25.7. The van der Waals surface area contributed by atoms with Crippen molar-refractivity contribution in [2.45, 2.75) is 38.1 Å². The Bertz CT molecular complexity index is 259. The van der Waals surface area contributed by atoms with Crippen molar-refractivity contribution in [3.05, 3.63) is 0 Å². The van der Waals surface area contributed by atoms with Crippen LogP contribution < -0.4 is 5.73 Å². The number of nitrogens with two attached hydrogens (primary N) is 1. The molecule has 15 heavy (non-hydrogen) atoms. The Labute approximate surface area is 91.0 Å². The molecular weight excluding hydrogens is 190 g/mol. The van der Waals surface area contributed by atoms with Gasteiger partial charge in [-0.1, -0.05) is 6.42 Å². The summed E-state index contributed by atoms with van der Waals surface area (Å²) < 4.78 is 0. The van der Waals surface area contributed by atoms with Crippen molar-refractivity contribution < 1.29 is 4.79 Å². The molecule has 0 aromatic rings. The minimum absolute atomic E-state index is 0.0810. The van der Waals surface area contributed by atoms with E-state index in [1.807, 2.05) is 6.07 Å². The van der Waals surface area contributed by atoms with E-state index in [1.165, 1.54) is 0 Å². The Morgan fingerprint density at radius 1 is 1.60 bits per heavy atom. The molecular formula is C11H19N3O. The molecule has 1 aliphatic carbocycles. The molecule has 1 fully saturated rings. The van der Waals surface area contributed by atoms with E-state index in [0.717, 1.165) is 25.7 Å². The van der Waals surface area contributed by atoms with Gasteiger partial charge in [0.1, 0.15) is 0 Å². The molecule has 0 aromatic heterocycles. The van der Waals surface area contributed by atoms with Crippen LogP contribution in [0.25, 0.3) is 0 Å². The van der Waals surface area contributed by atoms with Gasteiger partial charge in [-0.25, -0.2) is 0 Å². The van der Waals surface area contributed by atoms with Crippen molar-refractivity contribution in [1.82, 2.24) is 4.90 Å². The van der Waals surface area contributed by atoms with Gasteiger partial charge in [0.05, 0.1) is 12.5 Å². The first-order valence-corrected chi connectivity index (χ1v) is 5.52. The summed E-state index contributed by atoms with van der Waals surface area (Å²) in [7, 11) is 1.76. The lowest BCUT2D eigenvalue weighted by Gasteiger charge is -2.29. The van der Waals surface area contributed by atoms with Gasteiger partial charge in [0, 0.05) is 25.6 Å². The Morgan fingerprint density at radius 2 is 2.33 bits per heavy atom. The number of carbonyl (C=O) groups excluding carboxylic acids is 1. The van der Waals surface area contributed by atoms with Crippen molar-refractivity contribution in [3.8, 4) is 6.07 Å². The van der Waals surface area contributed by atoms with E-state index in [-0.39, 0.29) is 17.9 Å². The predicted octanol–water partition coefficient (Wildman–Crippen LogP) is 0.876. The van der Waals surface area contributed by atoms with Gasteiger partial charge in [-0.3, -0.25) is 4.79 Å². The van der Waals surface area contributed by atoms with Crippen LogP contribution in [0.1, 0.15) is 32.1 Å². The maximum atomic E-state index is 11.9. The topological polar surface area (TPSA) is 70.1 Å². The van der Waals surface area contributed by atoms with Gasteiger partial charge in [0.15, 0.2) is 0 Å². The van der Waals surface area contributed by atoms with Crippen LogP contribution in [-0.2, 0) is 4.79 Å². The van der Waals surface area contributed by atoms with Gasteiger partial charge < -0.3 is 10.6 Å². The van der Waals surface area contributed by atoms with Crippen LogP contribution >= 0.6 is 0 Å². The lowest BCUT2D eigenvalue weighted by atomic mass is 9.85. The lowest BCUT2D eigenvalue weighted by molar-refractivity contribution is -0.135. The third-order valence-corrected chi connectivity index (χ3v) is 3.00.